The van der Waals surface area contributed by atoms with Gasteiger partial charge in [0.05, 0.1) is 13.2 Å². The summed E-state index contributed by atoms with van der Waals surface area (Å²) in [5, 5.41) is 0.867. The van der Waals surface area contributed by atoms with E-state index in [0.29, 0.717) is 5.56 Å². The van der Waals surface area contributed by atoms with E-state index in [0.717, 1.165) is 17.3 Å². The predicted octanol–water partition coefficient (Wildman–Crippen LogP) is 2.83. The van der Waals surface area contributed by atoms with Gasteiger partial charge >= 0.3 is 11.9 Å². The van der Waals surface area contributed by atoms with E-state index >= 15 is 0 Å². The molecule has 0 radical (unpaired) electrons. The van der Waals surface area contributed by atoms with Crippen LogP contribution in [0.25, 0.3) is 0 Å². The minimum Gasteiger partial charge on any atom is -0.465 e. The van der Waals surface area contributed by atoms with Crippen molar-refractivity contribution in [2.75, 3.05) is 18.5 Å². The highest BCUT2D eigenvalue weighted by molar-refractivity contribution is 9.09. The molecule has 0 saturated heterocycles. The molecule has 0 aliphatic heterocycles. The van der Waals surface area contributed by atoms with Crippen molar-refractivity contribution in [1.29, 1.82) is 0 Å². The van der Waals surface area contributed by atoms with E-state index in [9.17, 15) is 9.59 Å². The fourth-order valence-electron chi connectivity index (χ4n) is 1.81. The third-order valence-electron chi connectivity index (χ3n) is 2.74. The van der Waals surface area contributed by atoms with Gasteiger partial charge in [0.2, 0.25) is 0 Å². The summed E-state index contributed by atoms with van der Waals surface area (Å²) in [6.45, 7) is 3.88. The number of ether oxygens (including phenoxy) is 2. The maximum absolute atomic E-state index is 11.9. The molecule has 20 heavy (non-hydrogen) atoms. The van der Waals surface area contributed by atoms with Crippen LogP contribution >= 0.6 is 15.9 Å². The smallest absolute Gasteiger partial charge is 0.324 e. The third-order valence-corrected chi connectivity index (χ3v) is 3.14. The van der Waals surface area contributed by atoms with E-state index in [4.69, 9.17) is 9.47 Å². The summed E-state index contributed by atoms with van der Waals surface area (Å²) in [4.78, 5) is 23.9. The number of carbonyl (C=O) groups is 2. The molecule has 0 bridgehead atoms. The Kier molecular flexibility index (Phi) is 7.30. The Morgan fingerprint density at radius 3 is 1.95 bits per heavy atom. The summed E-state index contributed by atoms with van der Waals surface area (Å²) in [6, 6.07) is 7.36. The molecule has 1 aromatic rings. The molecular formula is C15H19BrO4. The van der Waals surface area contributed by atoms with E-state index in [1.165, 1.54) is 0 Å². The molecule has 0 atom stereocenters. The molecule has 0 saturated carbocycles. The Bertz CT molecular complexity index is 424. The lowest BCUT2D eigenvalue weighted by Gasteiger charge is -2.15. The van der Waals surface area contributed by atoms with Gasteiger partial charge in [-0.05, 0) is 31.4 Å². The molecule has 0 fully saturated rings. The van der Waals surface area contributed by atoms with Gasteiger partial charge in [-0.25, -0.2) is 0 Å². The maximum Gasteiger partial charge on any atom is 0.324 e. The van der Waals surface area contributed by atoms with Crippen molar-refractivity contribution in [3.63, 3.8) is 0 Å². The second-order valence-corrected chi connectivity index (χ2v) is 4.91. The summed E-state index contributed by atoms with van der Waals surface area (Å²) in [6.07, 6.45) is 0.893. The monoisotopic (exact) mass is 342 g/mol. The molecule has 5 heteroatoms. The number of esters is 2. The zero-order chi connectivity index (χ0) is 15.0. The van der Waals surface area contributed by atoms with E-state index in [1.54, 1.807) is 26.0 Å². The molecule has 0 spiro atoms. The van der Waals surface area contributed by atoms with Crippen LogP contribution in [0.15, 0.2) is 24.3 Å². The average molecular weight is 343 g/mol. The fourth-order valence-corrected chi connectivity index (χ4v) is 2.26. The van der Waals surface area contributed by atoms with Crippen molar-refractivity contribution in [3.05, 3.63) is 35.4 Å². The average Bonchev–Trinajstić information content (AvgIpc) is 2.42. The minimum absolute atomic E-state index is 0.233. The molecule has 0 heterocycles. The molecule has 0 aliphatic carbocycles. The Morgan fingerprint density at radius 1 is 1.05 bits per heavy atom. The van der Waals surface area contributed by atoms with Crippen LogP contribution in [0.5, 0.6) is 0 Å². The van der Waals surface area contributed by atoms with Gasteiger partial charge in [0.25, 0.3) is 0 Å². The van der Waals surface area contributed by atoms with Crippen LogP contribution in [0, 0.1) is 0 Å². The summed E-state index contributed by atoms with van der Waals surface area (Å²) >= 11 is 3.37. The van der Waals surface area contributed by atoms with Gasteiger partial charge < -0.3 is 9.47 Å². The van der Waals surface area contributed by atoms with Crippen molar-refractivity contribution >= 4 is 27.9 Å². The number of alkyl halides is 1. The van der Waals surface area contributed by atoms with E-state index < -0.39 is 17.9 Å². The van der Waals surface area contributed by atoms with Gasteiger partial charge in [0.15, 0.2) is 5.92 Å². The van der Waals surface area contributed by atoms with Gasteiger partial charge in [0, 0.05) is 5.33 Å². The van der Waals surface area contributed by atoms with Crippen LogP contribution < -0.4 is 0 Å². The molecule has 0 unspecified atom stereocenters. The first-order valence-electron chi connectivity index (χ1n) is 6.62. The lowest BCUT2D eigenvalue weighted by molar-refractivity contribution is -0.156. The zero-order valence-corrected chi connectivity index (χ0v) is 13.3. The summed E-state index contributed by atoms with van der Waals surface area (Å²) in [7, 11) is 0. The summed E-state index contributed by atoms with van der Waals surface area (Å²) in [5.74, 6) is -2.15. The highest BCUT2D eigenvalue weighted by Crippen LogP contribution is 2.20. The van der Waals surface area contributed by atoms with Crippen molar-refractivity contribution in [2.45, 2.75) is 26.2 Å². The Balaban J connectivity index is 2.97. The van der Waals surface area contributed by atoms with Crippen molar-refractivity contribution in [2.24, 2.45) is 0 Å². The molecule has 0 aliphatic rings. The Morgan fingerprint density at radius 2 is 1.55 bits per heavy atom. The van der Waals surface area contributed by atoms with Gasteiger partial charge in [0.1, 0.15) is 0 Å². The summed E-state index contributed by atoms with van der Waals surface area (Å²) < 4.78 is 9.91. The lowest BCUT2D eigenvalue weighted by Crippen LogP contribution is -2.26. The van der Waals surface area contributed by atoms with E-state index in [-0.39, 0.29) is 13.2 Å². The van der Waals surface area contributed by atoms with Crippen molar-refractivity contribution < 1.29 is 19.1 Å². The first-order valence-corrected chi connectivity index (χ1v) is 7.74. The number of hydrogen-bond acceptors (Lipinski definition) is 4. The SMILES string of the molecule is CCOC(=O)C(C(=O)OCC)c1ccc(CCBr)cc1. The second kappa shape index (κ2) is 8.74. The molecule has 110 valence electrons. The lowest BCUT2D eigenvalue weighted by atomic mass is 9.97. The summed E-state index contributed by atoms with van der Waals surface area (Å²) in [5.41, 5.74) is 1.73. The second-order valence-electron chi connectivity index (χ2n) is 4.12. The zero-order valence-electron chi connectivity index (χ0n) is 11.7. The predicted molar refractivity (Wildman–Crippen MR) is 79.9 cm³/mol. The van der Waals surface area contributed by atoms with Gasteiger partial charge in [-0.3, -0.25) is 9.59 Å². The number of aryl methyl sites for hydroxylation is 1. The molecule has 4 nitrogen and oxygen atoms in total. The van der Waals surface area contributed by atoms with Gasteiger partial charge in [-0.15, -0.1) is 0 Å². The van der Waals surface area contributed by atoms with Crippen LogP contribution in [-0.2, 0) is 25.5 Å². The normalized spacial score (nSPS) is 10.4. The first kappa shape index (κ1) is 16.7. The number of hydrogen-bond donors (Lipinski definition) is 0. The first-order chi connectivity index (χ1) is 9.63. The number of halogens is 1. The highest BCUT2D eigenvalue weighted by atomic mass is 79.9. The molecule has 0 amide bonds. The van der Waals surface area contributed by atoms with Crippen LogP contribution in [0.4, 0.5) is 0 Å². The molecule has 1 aromatic carbocycles. The fraction of sp³-hybridized carbons (Fsp3) is 0.467. The van der Waals surface area contributed by atoms with E-state index in [1.807, 2.05) is 12.1 Å². The van der Waals surface area contributed by atoms with Gasteiger partial charge in [-0.1, -0.05) is 40.2 Å². The molecular weight excluding hydrogens is 324 g/mol. The van der Waals surface area contributed by atoms with Crippen molar-refractivity contribution in [1.82, 2.24) is 0 Å². The number of benzene rings is 1. The minimum atomic E-state index is -1.01. The number of rotatable bonds is 7. The maximum atomic E-state index is 11.9. The van der Waals surface area contributed by atoms with Crippen LogP contribution in [-0.4, -0.2) is 30.5 Å². The van der Waals surface area contributed by atoms with Crippen LogP contribution in [0.1, 0.15) is 30.9 Å². The van der Waals surface area contributed by atoms with Crippen LogP contribution in [0.3, 0.4) is 0 Å². The van der Waals surface area contributed by atoms with E-state index in [2.05, 4.69) is 15.9 Å². The quantitative estimate of drug-likeness (QED) is 0.434. The van der Waals surface area contributed by atoms with Gasteiger partial charge in [-0.2, -0.15) is 0 Å². The van der Waals surface area contributed by atoms with Crippen LogP contribution in [0.2, 0.25) is 0 Å². The Hall–Kier alpha value is -1.36. The third kappa shape index (κ3) is 4.63. The largest absolute Gasteiger partial charge is 0.465 e. The molecule has 0 aromatic heterocycles. The van der Waals surface area contributed by atoms with Crippen molar-refractivity contribution in [3.8, 4) is 0 Å². The standard InChI is InChI=1S/C15H19BrO4/c1-3-19-14(17)13(15(18)20-4-2)12-7-5-11(6-8-12)9-10-16/h5-8,13H,3-4,9-10H2,1-2H3. The Labute approximate surface area is 127 Å². The molecule has 1 rings (SSSR count). The highest BCUT2D eigenvalue weighted by Gasteiger charge is 2.31. The number of carbonyl (C=O) groups excluding carboxylic acids is 2. The molecule has 0 N–H and O–H groups in total. The topological polar surface area (TPSA) is 52.6 Å².